The molecule has 0 bridgehead atoms. The molecule has 12 heteroatoms. The molecule has 210 valence electrons. The van der Waals surface area contributed by atoms with Crippen molar-refractivity contribution >= 4 is 23.2 Å². The van der Waals surface area contributed by atoms with Gasteiger partial charge in [0.05, 0.1) is 28.2 Å². The Morgan fingerprint density at radius 2 is 1.95 bits per heavy atom. The summed E-state index contributed by atoms with van der Waals surface area (Å²) < 4.78 is 43.8. The van der Waals surface area contributed by atoms with Gasteiger partial charge in [-0.1, -0.05) is 46.8 Å². The molecule has 0 spiro atoms. The molecule has 0 radical (unpaired) electrons. The van der Waals surface area contributed by atoms with Gasteiger partial charge in [-0.2, -0.15) is 0 Å². The van der Waals surface area contributed by atoms with Gasteiger partial charge in [0.15, 0.2) is 0 Å². The quantitative estimate of drug-likeness (QED) is 0.454. The highest BCUT2D eigenvalue weighted by molar-refractivity contribution is 7.13. The van der Waals surface area contributed by atoms with E-state index < -0.39 is 41.6 Å². The fourth-order valence-corrected chi connectivity index (χ4v) is 5.24. The molecule has 1 aliphatic heterocycles. The third-order valence-electron chi connectivity index (χ3n) is 6.23. The lowest BCUT2D eigenvalue weighted by Gasteiger charge is -2.36. The first-order valence-electron chi connectivity index (χ1n) is 12.4. The lowest BCUT2D eigenvalue weighted by molar-refractivity contribution is -0.274. The van der Waals surface area contributed by atoms with Crippen molar-refractivity contribution in [1.29, 1.82) is 0 Å². The smallest absolute Gasteiger partial charge is 0.405 e. The lowest BCUT2D eigenvalue weighted by atomic mass is 9.85. The number of β-amino-alcohol motifs (C(OH)–C–C–N with tert-alkyl or cyclic N) is 1. The van der Waals surface area contributed by atoms with Crippen molar-refractivity contribution in [2.24, 2.45) is 5.41 Å². The molecule has 1 fully saturated rings. The molecule has 0 unspecified atom stereocenters. The Balaban J connectivity index is 1.80. The number of aliphatic hydroxyl groups excluding tert-OH is 1. The first-order valence-corrected chi connectivity index (χ1v) is 13.3. The number of carbonyl (C=O) groups excluding carboxylic acids is 2. The second-order valence-corrected chi connectivity index (χ2v) is 11.7. The molecule has 2 aromatic rings. The summed E-state index contributed by atoms with van der Waals surface area (Å²) >= 11 is 1.30. The van der Waals surface area contributed by atoms with Gasteiger partial charge in [-0.25, -0.2) is 4.98 Å². The molecular formula is C26H35F3N4O4S. The van der Waals surface area contributed by atoms with Gasteiger partial charge in [0.1, 0.15) is 11.8 Å². The fraction of sp³-hybridized carbons (Fsp3) is 0.577. The Hall–Kier alpha value is -2.70. The number of rotatable bonds is 8. The Bertz CT molecular complexity index is 1150. The maximum absolute atomic E-state index is 13.5. The van der Waals surface area contributed by atoms with Crippen LogP contribution in [-0.4, -0.2) is 63.9 Å². The van der Waals surface area contributed by atoms with Crippen LogP contribution < -0.4 is 15.4 Å². The van der Waals surface area contributed by atoms with Crippen molar-refractivity contribution in [3.8, 4) is 16.2 Å². The molecule has 1 saturated heterocycles. The van der Waals surface area contributed by atoms with Crippen LogP contribution in [0.2, 0.25) is 0 Å². The zero-order chi connectivity index (χ0) is 28.4. The molecule has 2 heterocycles. The first-order chi connectivity index (χ1) is 17.6. The molecule has 3 N–H and O–H groups in total. The number of hydrogen-bond donors (Lipinski definition) is 3. The molecule has 1 aromatic heterocycles. The van der Waals surface area contributed by atoms with Crippen LogP contribution in [0.4, 0.5) is 13.2 Å². The molecule has 3 rings (SSSR count). The van der Waals surface area contributed by atoms with Crippen LogP contribution >= 0.6 is 11.3 Å². The maximum Gasteiger partial charge on any atom is 0.573 e. The van der Waals surface area contributed by atoms with Gasteiger partial charge < -0.3 is 25.4 Å². The number of benzene rings is 1. The number of aryl methyl sites for hydroxylation is 1. The Labute approximate surface area is 224 Å². The molecular weight excluding hydrogens is 521 g/mol. The van der Waals surface area contributed by atoms with Crippen molar-refractivity contribution < 1.29 is 32.6 Å². The summed E-state index contributed by atoms with van der Waals surface area (Å²) in [5.41, 5.74) is 2.46. The molecule has 1 aromatic carbocycles. The van der Waals surface area contributed by atoms with Crippen LogP contribution in [0.15, 0.2) is 23.7 Å². The molecule has 0 saturated carbocycles. The number of hydrogen-bond acceptors (Lipinski definition) is 7. The Morgan fingerprint density at radius 1 is 1.26 bits per heavy atom. The van der Waals surface area contributed by atoms with Crippen LogP contribution in [0.1, 0.15) is 52.3 Å². The zero-order valence-electron chi connectivity index (χ0n) is 22.3. The average Bonchev–Trinajstić information content (AvgIpc) is 3.39. The molecule has 1 aliphatic rings. The summed E-state index contributed by atoms with van der Waals surface area (Å²) in [5.74, 6) is -1.31. The van der Waals surface area contributed by atoms with Crippen LogP contribution in [-0.2, 0) is 16.1 Å². The number of ether oxygens (including phenoxy) is 1. The molecule has 3 atom stereocenters. The van der Waals surface area contributed by atoms with Crippen LogP contribution in [0.25, 0.3) is 10.4 Å². The first kappa shape index (κ1) is 29.9. The van der Waals surface area contributed by atoms with Gasteiger partial charge in [-0.3, -0.25) is 9.59 Å². The third-order valence-corrected chi connectivity index (χ3v) is 7.21. The van der Waals surface area contributed by atoms with E-state index in [4.69, 9.17) is 0 Å². The number of halogens is 3. The number of thiazole rings is 1. The summed E-state index contributed by atoms with van der Waals surface area (Å²) in [4.78, 5) is 32.8. The van der Waals surface area contributed by atoms with E-state index in [1.807, 2.05) is 34.6 Å². The highest BCUT2D eigenvalue weighted by atomic mass is 32.1. The minimum Gasteiger partial charge on any atom is -0.405 e. The highest BCUT2D eigenvalue weighted by Crippen LogP contribution is 2.34. The predicted octanol–water partition coefficient (Wildman–Crippen LogP) is 4.01. The number of aromatic nitrogens is 1. The Morgan fingerprint density at radius 3 is 2.50 bits per heavy atom. The maximum atomic E-state index is 13.5. The van der Waals surface area contributed by atoms with Crippen LogP contribution in [0.5, 0.6) is 5.75 Å². The van der Waals surface area contributed by atoms with Gasteiger partial charge in [0.2, 0.25) is 11.8 Å². The number of nitrogens with one attached hydrogen (secondary N) is 2. The fourth-order valence-electron chi connectivity index (χ4n) is 4.44. The van der Waals surface area contributed by atoms with Gasteiger partial charge >= 0.3 is 6.36 Å². The SMILES string of the molecule is Cc1ncsc1-c1ccc(CNC(=O)[C@@H]2C[C@@H](O)CN2C(=O)[C@@H](NC(C)C)C(C)(C)C)c(OC(F)(F)F)c1. The number of carbonyl (C=O) groups is 2. The lowest BCUT2D eigenvalue weighted by Crippen LogP contribution is -2.57. The molecule has 2 amide bonds. The minimum atomic E-state index is -4.93. The molecule has 8 nitrogen and oxygen atoms in total. The van der Waals surface area contributed by atoms with Crippen molar-refractivity contribution in [2.75, 3.05) is 6.54 Å². The highest BCUT2D eigenvalue weighted by Gasteiger charge is 2.44. The van der Waals surface area contributed by atoms with Crippen molar-refractivity contribution in [2.45, 2.75) is 85.1 Å². The van der Waals surface area contributed by atoms with E-state index in [-0.39, 0.29) is 37.0 Å². The van der Waals surface area contributed by atoms with Gasteiger partial charge in [-0.15, -0.1) is 24.5 Å². The van der Waals surface area contributed by atoms with Crippen LogP contribution in [0, 0.1) is 12.3 Å². The van der Waals surface area contributed by atoms with E-state index in [9.17, 15) is 27.9 Å². The van der Waals surface area contributed by atoms with E-state index in [2.05, 4.69) is 20.4 Å². The normalized spacial score (nSPS) is 19.1. The zero-order valence-corrected chi connectivity index (χ0v) is 23.2. The molecule has 38 heavy (non-hydrogen) atoms. The topological polar surface area (TPSA) is 104 Å². The van der Waals surface area contributed by atoms with Gasteiger partial charge in [0, 0.05) is 31.1 Å². The number of aliphatic hydroxyl groups is 1. The third kappa shape index (κ3) is 7.45. The molecule has 0 aliphatic carbocycles. The summed E-state index contributed by atoms with van der Waals surface area (Å²) in [7, 11) is 0. The second kappa shape index (κ2) is 11.6. The number of nitrogens with zero attached hydrogens (tertiary/aromatic N) is 2. The second-order valence-electron chi connectivity index (χ2n) is 10.9. The average molecular weight is 557 g/mol. The minimum absolute atomic E-state index is 0.00535. The van der Waals surface area contributed by atoms with Gasteiger partial charge in [-0.05, 0) is 24.0 Å². The largest absolute Gasteiger partial charge is 0.573 e. The van der Waals surface area contributed by atoms with Crippen molar-refractivity contribution in [3.63, 3.8) is 0 Å². The van der Waals surface area contributed by atoms with E-state index in [0.717, 1.165) is 0 Å². The summed E-state index contributed by atoms with van der Waals surface area (Å²) in [6.07, 6.45) is -5.78. The van der Waals surface area contributed by atoms with E-state index in [1.54, 1.807) is 18.5 Å². The van der Waals surface area contributed by atoms with E-state index in [0.29, 0.717) is 16.1 Å². The number of likely N-dealkylation sites (tertiary alicyclic amines) is 1. The van der Waals surface area contributed by atoms with Crippen LogP contribution in [0.3, 0.4) is 0 Å². The van der Waals surface area contributed by atoms with Gasteiger partial charge in [0.25, 0.3) is 0 Å². The number of alkyl halides is 3. The summed E-state index contributed by atoms with van der Waals surface area (Å²) in [6, 6.07) is 2.83. The number of amides is 2. The standard InChI is InChI=1S/C26H35F3N4O4S/c1-14(2)32-22(25(4,5)6)24(36)33-12-18(34)10-19(33)23(35)30-11-17-8-7-16(21-15(3)31-13-38-21)9-20(17)37-26(27,28)29/h7-9,13-14,18-19,22,32,34H,10-12H2,1-6H3,(H,30,35)/t18-,19+,22-/m1/s1. The van der Waals surface area contributed by atoms with E-state index in [1.165, 1.54) is 28.4 Å². The predicted molar refractivity (Wildman–Crippen MR) is 138 cm³/mol. The summed E-state index contributed by atoms with van der Waals surface area (Å²) in [6.45, 7) is 11.1. The monoisotopic (exact) mass is 556 g/mol. The Kier molecular flexibility index (Phi) is 9.10. The summed E-state index contributed by atoms with van der Waals surface area (Å²) in [5, 5.41) is 16.2. The van der Waals surface area contributed by atoms with Crippen molar-refractivity contribution in [1.82, 2.24) is 20.5 Å². The van der Waals surface area contributed by atoms with Crippen molar-refractivity contribution in [3.05, 3.63) is 35.0 Å². The van der Waals surface area contributed by atoms with E-state index >= 15 is 0 Å².